The van der Waals surface area contributed by atoms with E-state index in [9.17, 15) is 10.2 Å². The molecule has 15 heavy (non-hydrogen) atoms. The topological polar surface area (TPSA) is 56.6 Å². The summed E-state index contributed by atoms with van der Waals surface area (Å²) >= 11 is 3.36. The minimum Gasteiger partial charge on any atom is -0.389 e. The normalized spacial score (nSPS) is 27.1. The number of β-amino-alcohol motifs (C(OH)–C–C–N with tert-alkyl or cyclic N) is 2. The first-order valence-electron chi connectivity index (χ1n) is 4.83. The summed E-state index contributed by atoms with van der Waals surface area (Å²) < 4.78 is 0.945. The van der Waals surface area contributed by atoms with Crippen LogP contribution in [-0.4, -0.2) is 45.4 Å². The summed E-state index contributed by atoms with van der Waals surface area (Å²) in [6.07, 6.45) is 2.29. The van der Waals surface area contributed by atoms with Gasteiger partial charge in [0.05, 0.1) is 12.2 Å². The molecule has 0 aromatic carbocycles. The summed E-state index contributed by atoms with van der Waals surface area (Å²) in [6, 6.07) is 1.99. The van der Waals surface area contributed by atoms with Crippen molar-refractivity contribution in [1.29, 1.82) is 0 Å². The number of aliphatic hydroxyl groups excluding tert-OH is 2. The number of aromatic nitrogens is 1. The minimum absolute atomic E-state index is 0.522. The van der Waals surface area contributed by atoms with Gasteiger partial charge in [0, 0.05) is 36.5 Å². The van der Waals surface area contributed by atoms with E-state index >= 15 is 0 Å². The third-order valence-electron chi connectivity index (χ3n) is 2.50. The molecule has 1 aliphatic heterocycles. The predicted molar refractivity (Wildman–Crippen MR) is 59.2 cm³/mol. The summed E-state index contributed by atoms with van der Waals surface area (Å²) in [7, 11) is 0. The SMILES string of the molecule is O[C@@H]1CN(Cc2cncc(Br)c2)C[C@@H]1O. The van der Waals surface area contributed by atoms with Gasteiger partial charge in [-0.2, -0.15) is 0 Å². The van der Waals surface area contributed by atoms with Crippen molar-refractivity contribution in [2.45, 2.75) is 18.8 Å². The van der Waals surface area contributed by atoms with E-state index in [0.29, 0.717) is 19.6 Å². The number of hydrogen-bond acceptors (Lipinski definition) is 4. The third-order valence-corrected chi connectivity index (χ3v) is 2.94. The maximum Gasteiger partial charge on any atom is 0.0938 e. The fraction of sp³-hybridized carbons (Fsp3) is 0.500. The second kappa shape index (κ2) is 4.57. The van der Waals surface area contributed by atoms with Crippen LogP contribution in [0.4, 0.5) is 0 Å². The van der Waals surface area contributed by atoms with Gasteiger partial charge in [0.2, 0.25) is 0 Å². The fourth-order valence-corrected chi connectivity index (χ4v) is 2.19. The zero-order chi connectivity index (χ0) is 10.8. The Morgan fingerprint density at radius 2 is 2.00 bits per heavy atom. The van der Waals surface area contributed by atoms with Crippen LogP contribution in [0.3, 0.4) is 0 Å². The molecule has 82 valence electrons. The number of nitrogens with zero attached hydrogens (tertiary/aromatic N) is 2. The Morgan fingerprint density at radius 3 is 2.60 bits per heavy atom. The highest BCUT2D eigenvalue weighted by atomic mass is 79.9. The molecule has 1 saturated heterocycles. The van der Waals surface area contributed by atoms with E-state index in [1.54, 1.807) is 12.4 Å². The molecular weight excluding hydrogens is 260 g/mol. The van der Waals surface area contributed by atoms with Crippen molar-refractivity contribution in [2.75, 3.05) is 13.1 Å². The highest BCUT2D eigenvalue weighted by Gasteiger charge is 2.29. The van der Waals surface area contributed by atoms with Crippen LogP contribution in [-0.2, 0) is 6.54 Å². The smallest absolute Gasteiger partial charge is 0.0938 e. The maximum absolute atomic E-state index is 9.38. The molecule has 2 heterocycles. The minimum atomic E-state index is -0.620. The predicted octanol–water partition coefficient (Wildman–Crippen LogP) is 0.382. The molecule has 2 rings (SSSR count). The van der Waals surface area contributed by atoms with E-state index in [1.807, 2.05) is 11.0 Å². The van der Waals surface area contributed by atoms with Gasteiger partial charge in [-0.05, 0) is 27.6 Å². The van der Waals surface area contributed by atoms with Crippen molar-refractivity contribution in [3.8, 4) is 0 Å². The Labute approximate surface area is 96.7 Å². The zero-order valence-electron chi connectivity index (χ0n) is 8.17. The number of hydrogen-bond donors (Lipinski definition) is 2. The number of rotatable bonds is 2. The summed E-state index contributed by atoms with van der Waals surface area (Å²) in [5.41, 5.74) is 1.07. The van der Waals surface area contributed by atoms with Crippen LogP contribution in [0.2, 0.25) is 0 Å². The van der Waals surface area contributed by atoms with E-state index in [1.165, 1.54) is 0 Å². The molecule has 0 radical (unpaired) electrons. The summed E-state index contributed by atoms with van der Waals surface area (Å²) in [4.78, 5) is 6.08. The summed E-state index contributed by atoms with van der Waals surface area (Å²) in [6.45, 7) is 1.75. The molecule has 0 spiro atoms. The monoisotopic (exact) mass is 272 g/mol. The van der Waals surface area contributed by atoms with Gasteiger partial charge in [-0.25, -0.2) is 0 Å². The van der Waals surface area contributed by atoms with Crippen molar-refractivity contribution >= 4 is 15.9 Å². The Morgan fingerprint density at radius 1 is 1.33 bits per heavy atom. The largest absolute Gasteiger partial charge is 0.389 e. The molecule has 5 heteroatoms. The van der Waals surface area contributed by atoms with Gasteiger partial charge in [0.25, 0.3) is 0 Å². The van der Waals surface area contributed by atoms with E-state index in [0.717, 1.165) is 10.0 Å². The summed E-state index contributed by atoms with van der Waals surface area (Å²) in [5, 5.41) is 18.8. The van der Waals surface area contributed by atoms with Crippen LogP contribution in [0.15, 0.2) is 22.9 Å². The lowest BCUT2D eigenvalue weighted by molar-refractivity contribution is 0.0572. The van der Waals surface area contributed by atoms with Crippen molar-refractivity contribution in [1.82, 2.24) is 9.88 Å². The van der Waals surface area contributed by atoms with Gasteiger partial charge < -0.3 is 10.2 Å². The van der Waals surface area contributed by atoms with Crippen LogP contribution in [0.1, 0.15) is 5.56 Å². The van der Waals surface area contributed by atoms with Crippen LogP contribution in [0.25, 0.3) is 0 Å². The Hall–Kier alpha value is -0.490. The quantitative estimate of drug-likeness (QED) is 0.818. The van der Waals surface area contributed by atoms with Gasteiger partial charge >= 0.3 is 0 Å². The molecule has 1 aromatic heterocycles. The lowest BCUT2D eigenvalue weighted by Crippen LogP contribution is -2.22. The van der Waals surface area contributed by atoms with Gasteiger partial charge in [-0.1, -0.05) is 0 Å². The van der Waals surface area contributed by atoms with Crippen molar-refractivity contribution in [3.05, 3.63) is 28.5 Å². The molecule has 0 bridgehead atoms. The van der Waals surface area contributed by atoms with Gasteiger partial charge in [-0.15, -0.1) is 0 Å². The first kappa shape index (κ1) is 11.0. The van der Waals surface area contributed by atoms with Gasteiger partial charge in [-0.3, -0.25) is 9.88 Å². The number of pyridine rings is 1. The van der Waals surface area contributed by atoms with Crippen LogP contribution < -0.4 is 0 Å². The molecule has 0 saturated carbocycles. The van der Waals surface area contributed by atoms with E-state index < -0.39 is 12.2 Å². The maximum atomic E-state index is 9.38. The van der Waals surface area contributed by atoms with Crippen molar-refractivity contribution < 1.29 is 10.2 Å². The van der Waals surface area contributed by atoms with Gasteiger partial charge in [0.1, 0.15) is 0 Å². The Bertz CT molecular complexity index is 338. The van der Waals surface area contributed by atoms with E-state index in [-0.39, 0.29) is 0 Å². The molecule has 1 fully saturated rings. The molecular formula is C10H13BrN2O2. The summed E-state index contributed by atoms with van der Waals surface area (Å²) in [5.74, 6) is 0. The highest BCUT2D eigenvalue weighted by Crippen LogP contribution is 2.16. The highest BCUT2D eigenvalue weighted by molar-refractivity contribution is 9.10. The van der Waals surface area contributed by atoms with Crippen LogP contribution in [0.5, 0.6) is 0 Å². The second-order valence-corrected chi connectivity index (χ2v) is 4.76. The molecule has 0 aliphatic carbocycles. The van der Waals surface area contributed by atoms with Crippen LogP contribution >= 0.6 is 15.9 Å². The molecule has 1 aliphatic rings. The van der Waals surface area contributed by atoms with Gasteiger partial charge in [0.15, 0.2) is 0 Å². The lowest BCUT2D eigenvalue weighted by Gasteiger charge is -2.14. The lowest BCUT2D eigenvalue weighted by atomic mass is 10.3. The first-order chi connectivity index (χ1) is 7.15. The average Bonchev–Trinajstić information content (AvgIpc) is 2.45. The number of halogens is 1. The number of aliphatic hydroxyl groups is 2. The standard InChI is InChI=1S/C10H13BrN2O2/c11-8-1-7(2-12-3-8)4-13-5-9(14)10(15)6-13/h1-3,9-10,14-15H,4-6H2/t9-,10+. The first-order valence-corrected chi connectivity index (χ1v) is 5.62. The third kappa shape index (κ3) is 2.75. The Balaban J connectivity index is 1.98. The second-order valence-electron chi connectivity index (χ2n) is 3.84. The van der Waals surface area contributed by atoms with Crippen molar-refractivity contribution in [3.63, 3.8) is 0 Å². The molecule has 1 aromatic rings. The van der Waals surface area contributed by atoms with Crippen LogP contribution in [0, 0.1) is 0 Å². The van der Waals surface area contributed by atoms with E-state index in [4.69, 9.17) is 0 Å². The van der Waals surface area contributed by atoms with E-state index in [2.05, 4.69) is 20.9 Å². The molecule has 0 unspecified atom stereocenters. The zero-order valence-corrected chi connectivity index (χ0v) is 9.76. The molecule has 2 atom stereocenters. The molecule has 2 N–H and O–H groups in total. The Kier molecular flexibility index (Phi) is 3.35. The van der Waals surface area contributed by atoms with Crippen molar-refractivity contribution in [2.24, 2.45) is 0 Å². The molecule has 0 amide bonds. The number of likely N-dealkylation sites (tertiary alicyclic amines) is 1. The molecule has 4 nitrogen and oxygen atoms in total. The fourth-order valence-electron chi connectivity index (χ4n) is 1.78. The average molecular weight is 273 g/mol.